The Labute approximate surface area is 114 Å². The Balaban J connectivity index is 2.11. The van der Waals surface area contributed by atoms with Gasteiger partial charge in [0.2, 0.25) is 0 Å². The Morgan fingerprint density at radius 1 is 1.47 bits per heavy atom. The van der Waals surface area contributed by atoms with Crippen LogP contribution in [0.4, 0.5) is 11.4 Å². The molecule has 2 unspecified atom stereocenters. The monoisotopic (exact) mass is 262 g/mol. The molecule has 1 heterocycles. The van der Waals surface area contributed by atoms with Gasteiger partial charge in [-0.3, -0.25) is 10.1 Å². The maximum Gasteiger partial charge on any atom is 0.269 e. The highest BCUT2D eigenvalue weighted by Gasteiger charge is 2.28. The van der Waals surface area contributed by atoms with E-state index in [9.17, 15) is 10.1 Å². The van der Waals surface area contributed by atoms with E-state index >= 15 is 0 Å². The fourth-order valence-corrected chi connectivity index (χ4v) is 2.89. The fourth-order valence-electron chi connectivity index (χ4n) is 2.89. The average molecular weight is 262 g/mol. The topological polar surface area (TPSA) is 55.2 Å². The Hall–Kier alpha value is -1.58. The van der Waals surface area contributed by atoms with Crippen LogP contribution in [0.1, 0.15) is 51.0 Å². The van der Waals surface area contributed by atoms with Gasteiger partial charge in [-0.1, -0.05) is 39.5 Å². The van der Waals surface area contributed by atoms with Crippen LogP contribution in [0.5, 0.6) is 0 Å². The number of rotatable bonds is 6. The standard InChI is InChI=1S/C15H22N2O2/c1-3-4-5-6-11(2)14-10-16-15-8-7-12(17(18)19)9-13(14)15/h7-9,11,14,16H,3-6,10H2,1-2H3. The van der Waals surface area contributed by atoms with Crippen LogP contribution in [0.3, 0.4) is 0 Å². The second-order valence-electron chi connectivity index (χ2n) is 5.49. The van der Waals surface area contributed by atoms with E-state index < -0.39 is 0 Å². The van der Waals surface area contributed by atoms with Gasteiger partial charge in [0, 0.05) is 30.3 Å². The van der Waals surface area contributed by atoms with Gasteiger partial charge in [-0.25, -0.2) is 0 Å². The van der Waals surface area contributed by atoms with Gasteiger partial charge in [0.25, 0.3) is 5.69 Å². The number of nitrogens with zero attached hydrogens (tertiary/aromatic N) is 1. The largest absolute Gasteiger partial charge is 0.384 e. The van der Waals surface area contributed by atoms with Crippen molar-refractivity contribution in [1.82, 2.24) is 0 Å². The van der Waals surface area contributed by atoms with Crippen LogP contribution >= 0.6 is 0 Å². The molecular weight excluding hydrogens is 240 g/mol. The third-order valence-corrected chi connectivity index (χ3v) is 4.11. The zero-order chi connectivity index (χ0) is 13.8. The van der Waals surface area contributed by atoms with Crippen molar-refractivity contribution in [1.29, 1.82) is 0 Å². The van der Waals surface area contributed by atoms with E-state index in [-0.39, 0.29) is 10.6 Å². The predicted octanol–water partition coefficient (Wildman–Crippen LogP) is 4.32. The summed E-state index contributed by atoms with van der Waals surface area (Å²) in [5.41, 5.74) is 2.39. The van der Waals surface area contributed by atoms with Crippen LogP contribution in [0.25, 0.3) is 0 Å². The highest BCUT2D eigenvalue weighted by Crippen LogP contribution is 2.39. The van der Waals surface area contributed by atoms with E-state index in [0.717, 1.165) is 17.8 Å². The summed E-state index contributed by atoms with van der Waals surface area (Å²) in [4.78, 5) is 10.6. The van der Waals surface area contributed by atoms with E-state index in [1.54, 1.807) is 12.1 Å². The van der Waals surface area contributed by atoms with Crippen molar-refractivity contribution in [3.05, 3.63) is 33.9 Å². The second kappa shape index (κ2) is 6.04. The molecule has 4 heteroatoms. The first kappa shape index (κ1) is 13.8. The van der Waals surface area contributed by atoms with Crippen molar-refractivity contribution in [3.8, 4) is 0 Å². The highest BCUT2D eigenvalue weighted by atomic mass is 16.6. The second-order valence-corrected chi connectivity index (χ2v) is 5.49. The maximum atomic E-state index is 10.9. The quantitative estimate of drug-likeness (QED) is 0.472. The number of anilines is 1. The molecule has 0 amide bonds. The zero-order valence-electron chi connectivity index (χ0n) is 11.7. The minimum atomic E-state index is -0.308. The molecule has 1 N–H and O–H groups in total. The summed E-state index contributed by atoms with van der Waals surface area (Å²) in [5.74, 6) is 0.981. The lowest BCUT2D eigenvalue weighted by Crippen LogP contribution is -2.12. The van der Waals surface area contributed by atoms with E-state index in [0.29, 0.717) is 11.8 Å². The average Bonchev–Trinajstić information content (AvgIpc) is 2.81. The first-order chi connectivity index (χ1) is 9.13. The van der Waals surface area contributed by atoms with Gasteiger partial charge in [-0.2, -0.15) is 0 Å². The molecule has 0 aliphatic carbocycles. The molecule has 2 rings (SSSR count). The minimum absolute atomic E-state index is 0.202. The van der Waals surface area contributed by atoms with Crippen molar-refractivity contribution >= 4 is 11.4 Å². The molecule has 0 spiro atoms. The van der Waals surface area contributed by atoms with Crippen LogP contribution in [0, 0.1) is 16.0 Å². The first-order valence-corrected chi connectivity index (χ1v) is 7.15. The maximum absolute atomic E-state index is 10.9. The lowest BCUT2D eigenvalue weighted by Gasteiger charge is -2.19. The molecular formula is C15H22N2O2. The molecule has 0 fully saturated rings. The first-order valence-electron chi connectivity index (χ1n) is 7.15. The Morgan fingerprint density at radius 2 is 2.26 bits per heavy atom. The molecule has 0 bridgehead atoms. The van der Waals surface area contributed by atoms with Crippen LogP contribution in [-0.4, -0.2) is 11.5 Å². The van der Waals surface area contributed by atoms with Gasteiger partial charge in [0.15, 0.2) is 0 Å². The van der Waals surface area contributed by atoms with Gasteiger partial charge in [-0.15, -0.1) is 0 Å². The van der Waals surface area contributed by atoms with E-state index in [1.807, 2.05) is 6.07 Å². The number of non-ortho nitro benzene ring substituents is 1. The third-order valence-electron chi connectivity index (χ3n) is 4.11. The number of hydrogen-bond acceptors (Lipinski definition) is 3. The van der Waals surface area contributed by atoms with Crippen molar-refractivity contribution in [2.45, 2.75) is 45.4 Å². The summed E-state index contributed by atoms with van der Waals surface area (Å²) >= 11 is 0. The highest BCUT2D eigenvalue weighted by molar-refractivity contribution is 5.61. The lowest BCUT2D eigenvalue weighted by molar-refractivity contribution is -0.384. The summed E-state index contributed by atoms with van der Waals surface area (Å²) in [5, 5.41) is 14.2. The minimum Gasteiger partial charge on any atom is -0.384 e. The van der Waals surface area contributed by atoms with Crippen LogP contribution in [0.15, 0.2) is 18.2 Å². The van der Waals surface area contributed by atoms with Gasteiger partial charge in [-0.05, 0) is 17.5 Å². The fraction of sp³-hybridized carbons (Fsp3) is 0.600. The molecule has 104 valence electrons. The number of nitro benzene ring substituents is 1. The number of unbranched alkanes of at least 4 members (excludes halogenated alkanes) is 2. The van der Waals surface area contributed by atoms with E-state index in [1.165, 1.54) is 25.7 Å². The smallest absolute Gasteiger partial charge is 0.269 e. The molecule has 1 aromatic rings. The van der Waals surface area contributed by atoms with Gasteiger partial charge >= 0.3 is 0 Å². The Kier molecular flexibility index (Phi) is 4.40. The van der Waals surface area contributed by atoms with Crippen LogP contribution in [-0.2, 0) is 0 Å². The summed E-state index contributed by atoms with van der Waals surface area (Å²) in [6.45, 7) is 5.38. The van der Waals surface area contributed by atoms with Crippen LogP contribution < -0.4 is 5.32 Å². The predicted molar refractivity (Wildman–Crippen MR) is 77.6 cm³/mol. The van der Waals surface area contributed by atoms with Crippen molar-refractivity contribution in [2.75, 3.05) is 11.9 Å². The summed E-state index contributed by atoms with van der Waals surface area (Å²) in [7, 11) is 0. The molecule has 4 nitrogen and oxygen atoms in total. The molecule has 19 heavy (non-hydrogen) atoms. The molecule has 1 aromatic carbocycles. The summed E-state index contributed by atoms with van der Waals surface area (Å²) < 4.78 is 0. The molecule has 1 aliphatic heterocycles. The zero-order valence-corrected chi connectivity index (χ0v) is 11.7. The SMILES string of the molecule is CCCCCC(C)C1CNc2ccc([N+](=O)[O-])cc21. The molecule has 0 radical (unpaired) electrons. The van der Waals surface area contributed by atoms with Crippen molar-refractivity contribution in [2.24, 2.45) is 5.92 Å². The van der Waals surface area contributed by atoms with Gasteiger partial charge < -0.3 is 5.32 Å². The summed E-state index contributed by atoms with van der Waals surface area (Å²) in [6.07, 6.45) is 4.95. The molecule has 0 aromatic heterocycles. The third kappa shape index (κ3) is 3.06. The number of fused-ring (bicyclic) bond motifs is 1. The Morgan fingerprint density at radius 3 is 2.95 bits per heavy atom. The molecule has 0 saturated heterocycles. The normalized spacial score (nSPS) is 18.7. The van der Waals surface area contributed by atoms with Crippen LogP contribution in [0.2, 0.25) is 0 Å². The molecule has 1 aliphatic rings. The number of hydrogen-bond donors (Lipinski definition) is 1. The number of benzene rings is 1. The number of nitro groups is 1. The summed E-state index contributed by atoms with van der Waals surface area (Å²) in [6, 6.07) is 5.17. The van der Waals surface area contributed by atoms with Crippen molar-refractivity contribution in [3.63, 3.8) is 0 Å². The van der Waals surface area contributed by atoms with Crippen molar-refractivity contribution < 1.29 is 4.92 Å². The van der Waals surface area contributed by atoms with E-state index in [4.69, 9.17) is 0 Å². The van der Waals surface area contributed by atoms with E-state index in [2.05, 4.69) is 19.2 Å². The molecule has 0 saturated carbocycles. The number of nitrogens with one attached hydrogen (secondary N) is 1. The van der Waals surface area contributed by atoms with Gasteiger partial charge in [0.05, 0.1) is 4.92 Å². The Bertz CT molecular complexity index is 459. The lowest BCUT2D eigenvalue weighted by atomic mass is 9.85. The van der Waals surface area contributed by atoms with Gasteiger partial charge in [0.1, 0.15) is 0 Å². The molecule has 2 atom stereocenters.